The molecule has 3 rings (SSSR count). The Bertz CT molecular complexity index is 627. The van der Waals surface area contributed by atoms with Gasteiger partial charge in [0.1, 0.15) is 0 Å². The zero-order valence-corrected chi connectivity index (χ0v) is 12.2. The molecular formula is C17H22N2O. The molecule has 3 nitrogen and oxygen atoms in total. The molecule has 3 heteroatoms. The predicted molar refractivity (Wildman–Crippen MR) is 81.8 cm³/mol. The fraction of sp³-hybridized carbons (Fsp3) is 0.471. The molecular weight excluding hydrogens is 248 g/mol. The Kier molecular flexibility index (Phi) is 3.28. The minimum absolute atomic E-state index is 0.0430. The summed E-state index contributed by atoms with van der Waals surface area (Å²) in [7, 11) is 0. The van der Waals surface area contributed by atoms with Crippen LogP contribution in [0.1, 0.15) is 49.9 Å². The third-order valence-electron chi connectivity index (χ3n) is 4.63. The van der Waals surface area contributed by atoms with Crippen LogP contribution < -0.4 is 5.32 Å². The molecule has 0 bridgehead atoms. The first kappa shape index (κ1) is 13.2. The lowest BCUT2D eigenvalue weighted by Crippen LogP contribution is -2.46. The van der Waals surface area contributed by atoms with Crippen molar-refractivity contribution in [1.29, 1.82) is 0 Å². The van der Waals surface area contributed by atoms with Crippen molar-refractivity contribution in [2.45, 2.75) is 45.6 Å². The summed E-state index contributed by atoms with van der Waals surface area (Å²) >= 11 is 0. The minimum atomic E-state index is 0.0430. The van der Waals surface area contributed by atoms with Crippen molar-refractivity contribution in [2.24, 2.45) is 5.41 Å². The molecule has 1 aromatic heterocycles. The quantitative estimate of drug-likeness (QED) is 0.855. The number of benzene rings is 1. The maximum Gasteiger partial charge on any atom is 0.251 e. The fourth-order valence-corrected chi connectivity index (χ4v) is 3.19. The van der Waals surface area contributed by atoms with Gasteiger partial charge < -0.3 is 10.3 Å². The van der Waals surface area contributed by atoms with Crippen LogP contribution in [-0.4, -0.2) is 16.9 Å². The molecule has 1 saturated carbocycles. The van der Waals surface area contributed by atoms with Crippen molar-refractivity contribution in [3.8, 4) is 0 Å². The van der Waals surface area contributed by atoms with Crippen LogP contribution in [0.4, 0.5) is 0 Å². The summed E-state index contributed by atoms with van der Waals surface area (Å²) in [5, 5.41) is 4.37. The van der Waals surface area contributed by atoms with Gasteiger partial charge in [0.05, 0.1) is 0 Å². The monoisotopic (exact) mass is 270 g/mol. The lowest BCUT2D eigenvalue weighted by Gasteiger charge is -2.39. The molecule has 1 aromatic carbocycles. The zero-order valence-electron chi connectivity index (χ0n) is 12.2. The first-order valence-corrected chi connectivity index (χ1v) is 7.44. The number of aromatic amines is 1. The van der Waals surface area contributed by atoms with Gasteiger partial charge in [-0.1, -0.05) is 32.8 Å². The molecule has 0 saturated heterocycles. The van der Waals surface area contributed by atoms with Gasteiger partial charge in [0.2, 0.25) is 0 Å². The summed E-state index contributed by atoms with van der Waals surface area (Å²) in [4.78, 5) is 15.6. The highest BCUT2D eigenvalue weighted by Gasteiger charge is 2.33. The molecule has 1 amide bonds. The summed E-state index contributed by atoms with van der Waals surface area (Å²) in [6.45, 7) is 4.51. The van der Waals surface area contributed by atoms with Crippen molar-refractivity contribution in [3.05, 3.63) is 36.0 Å². The number of aromatic nitrogens is 1. The molecule has 1 heterocycles. The Morgan fingerprint density at radius 2 is 2.15 bits per heavy atom. The largest absolute Gasteiger partial charge is 0.361 e. The third-order valence-corrected chi connectivity index (χ3v) is 4.63. The van der Waals surface area contributed by atoms with Gasteiger partial charge in [-0.2, -0.15) is 0 Å². The smallest absolute Gasteiger partial charge is 0.251 e. The van der Waals surface area contributed by atoms with Crippen LogP contribution in [0.15, 0.2) is 30.5 Å². The highest BCUT2D eigenvalue weighted by Crippen LogP contribution is 2.35. The van der Waals surface area contributed by atoms with Gasteiger partial charge in [0, 0.05) is 23.3 Å². The van der Waals surface area contributed by atoms with Crippen molar-refractivity contribution in [1.82, 2.24) is 10.3 Å². The first-order valence-electron chi connectivity index (χ1n) is 7.44. The molecule has 0 spiro atoms. The maximum absolute atomic E-state index is 12.4. The van der Waals surface area contributed by atoms with Gasteiger partial charge in [-0.05, 0) is 41.8 Å². The van der Waals surface area contributed by atoms with E-state index in [-0.39, 0.29) is 17.4 Å². The third kappa shape index (κ3) is 2.45. The molecule has 1 unspecified atom stereocenters. The van der Waals surface area contributed by atoms with E-state index in [2.05, 4.69) is 24.1 Å². The highest BCUT2D eigenvalue weighted by atomic mass is 16.1. The van der Waals surface area contributed by atoms with Crippen LogP contribution >= 0.6 is 0 Å². The highest BCUT2D eigenvalue weighted by molar-refractivity contribution is 5.98. The number of carbonyl (C=O) groups excluding carboxylic acids is 1. The summed E-state index contributed by atoms with van der Waals surface area (Å²) in [5.74, 6) is 0.0430. The van der Waals surface area contributed by atoms with E-state index in [0.717, 1.165) is 22.9 Å². The normalized spacial score (nSPS) is 21.8. The molecule has 20 heavy (non-hydrogen) atoms. The Balaban J connectivity index is 1.78. The van der Waals surface area contributed by atoms with Gasteiger partial charge in [-0.3, -0.25) is 4.79 Å². The van der Waals surface area contributed by atoms with Gasteiger partial charge in [0.15, 0.2) is 0 Å². The number of hydrogen-bond acceptors (Lipinski definition) is 1. The van der Waals surface area contributed by atoms with Crippen LogP contribution in [0.3, 0.4) is 0 Å². The van der Waals surface area contributed by atoms with Crippen molar-refractivity contribution in [2.75, 3.05) is 0 Å². The maximum atomic E-state index is 12.4. The van der Waals surface area contributed by atoms with Crippen molar-refractivity contribution < 1.29 is 4.79 Å². The Labute approximate surface area is 119 Å². The lowest BCUT2D eigenvalue weighted by molar-refractivity contribution is 0.0853. The van der Waals surface area contributed by atoms with Gasteiger partial charge in [-0.15, -0.1) is 0 Å². The van der Waals surface area contributed by atoms with E-state index in [0.29, 0.717) is 0 Å². The summed E-state index contributed by atoms with van der Waals surface area (Å²) in [6, 6.07) is 8.12. The SMILES string of the molecule is CC1(C)CCCCC1NC(=O)c1ccc2cc[nH]c2c1. The van der Waals surface area contributed by atoms with E-state index in [1.165, 1.54) is 19.3 Å². The number of hydrogen-bond donors (Lipinski definition) is 2. The predicted octanol–water partition coefficient (Wildman–Crippen LogP) is 3.87. The van der Waals surface area contributed by atoms with Crippen molar-refractivity contribution in [3.63, 3.8) is 0 Å². The van der Waals surface area contributed by atoms with Crippen LogP contribution in [0.25, 0.3) is 10.9 Å². The molecule has 0 radical (unpaired) electrons. The van der Waals surface area contributed by atoms with Crippen LogP contribution in [0.2, 0.25) is 0 Å². The molecule has 2 N–H and O–H groups in total. The number of fused-ring (bicyclic) bond motifs is 1. The molecule has 1 atom stereocenters. The minimum Gasteiger partial charge on any atom is -0.361 e. The summed E-state index contributed by atoms with van der Waals surface area (Å²) in [6.07, 6.45) is 6.66. The van der Waals surface area contributed by atoms with Crippen LogP contribution in [0.5, 0.6) is 0 Å². The lowest BCUT2D eigenvalue weighted by atomic mass is 9.73. The van der Waals surface area contributed by atoms with Gasteiger partial charge in [0.25, 0.3) is 5.91 Å². The average Bonchev–Trinajstić information content (AvgIpc) is 2.88. The fourth-order valence-electron chi connectivity index (χ4n) is 3.19. The number of rotatable bonds is 2. The summed E-state index contributed by atoms with van der Waals surface area (Å²) in [5.41, 5.74) is 1.95. The molecule has 106 valence electrons. The zero-order chi connectivity index (χ0) is 14.2. The number of nitrogens with one attached hydrogen (secondary N) is 2. The topological polar surface area (TPSA) is 44.9 Å². The Morgan fingerprint density at radius 3 is 2.95 bits per heavy atom. The number of carbonyl (C=O) groups is 1. The number of amides is 1. The second kappa shape index (κ2) is 4.97. The van der Waals surface area contributed by atoms with Gasteiger partial charge in [-0.25, -0.2) is 0 Å². The molecule has 1 aliphatic rings. The molecule has 1 aliphatic carbocycles. The second-order valence-corrected chi connectivity index (χ2v) is 6.54. The van der Waals surface area contributed by atoms with E-state index in [1.807, 2.05) is 30.5 Å². The molecule has 0 aliphatic heterocycles. The van der Waals surface area contributed by atoms with E-state index in [9.17, 15) is 4.79 Å². The second-order valence-electron chi connectivity index (χ2n) is 6.54. The summed E-state index contributed by atoms with van der Waals surface area (Å²) < 4.78 is 0. The average molecular weight is 270 g/mol. The van der Waals surface area contributed by atoms with Crippen molar-refractivity contribution >= 4 is 16.8 Å². The van der Waals surface area contributed by atoms with E-state index >= 15 is 0 Å². The molecule has 2 aromatic rings. The molecule has 1 fully saturated rings. The Hall–Kier alpha value is -1.77. The van der Waals surface area contributed by atoms with Crippen LogP contribution in [-0.2, 0) is 0 Å². The Morgan fingerprint density at radius 1 is 1.30 bits per heavy atom. The van der Waals surface area contributed by atoms with E-state index < -0.39 is 0 Å². The number of H-pyrrole nitrogens is 1. The van der Waals surface area contributed by atoms with Crippen LogP contribution in [0, 0.1) is 5.41 Å². The first-order chi connectivity index (χ1) is 9.56. The van der Waals surface area contributed by atoms with E-state index in [1.54, 1.807) is 0 Å². The standard InChI is InChI=1S/C17H22N2O/c1-17(2)9-4-3-5-15(17)19-16(20)13-7-6-12-8-10-18-14(12)11-13/h6-8,10-11,15,18H,3-5,9H2,1-2H3,(H,19,20). The van der Waals surface area contributed by atoms with E-state index in [4.69, 9.17) is 0 Å². The van der Waals surface area contributed by atoms with Gasteiger partial charge >= 0.3 is 0 Å².